The molecule has 0 radical (unpaired) electrons. The first-order chi connectivity index (χ1) is 7.56. The average molecular weight is 284 g/mol. The van der Waals surface area contributed by atoms with Crippen LogP contribution in [0, 0.1) is 5.92 Å². The summed E-state index contributed by atoms with van der Waals surface area (Å²) in [6.07, 6.45) is 0. The van der Waals surface area contributed by atoms with E-state index < -0.39 is 0 Å². The number of nitrogens with one attached hydrogen (secondary N) is 1. The van der Waals surface area contributed by atoms with E-state index in [-0.39, 0.29) is 17.6 Å². The van der Waals surface area contributed by atoms with E-state index in [0.717, 1.165) is 0 Å². The van der Waals surface area contributed by atoms with Crippen molar-refractivity contribution in [2.75, 3.05) is 10.6 Å². The molecule has 0 aromatic heterocycles. The molecule has 1 amide bonds. The zero-order valence-electron chi connectivity index (χ0n) is 9.29. The highest BCUT2D eigenvalue weighted by Crippen LogP contribution is 2.16. The van der Waals surface area contributed by atoms with Gasteiger partial charge in [-0.3, -0.25) is 9.59 Å². The molecule has 0 bridgehead atoms. The number of amides is 1. The normalized spacial score (nSPS) is 11.9. The fourth-order valence-corrected chi connectivity index (χ4v) is 1.52. The van der Waals surface area contributed by atoms with Gasteiger partial charge in [0.05, 0.1) is 5.69 Å². The fraction of sp³-hybridized carbons (Fsp3) is 0.333. The summed E-state index contributed by atoms with van der Waals surface area (Å²) in [5.41, 5.74) is 1.12. The van der Waals surface area contributed by atoms with Crippen molar-refractivity contribution in [1.29, 1.82) is 0 Å². The minimum absolute atomic E-state index is 0.0533. The molecule has 0 spiro atoms. The maximum Gasteiger partial charge on any atom is 0.228 e. The molecule has 0 fully saturated rings. The summed E-state index contributed by atoms with van der Waals surface area (Å²) in [5, 5.41) is 3.35. The third-order valence-electron chi connectivity index (χ3n) is 2.24. The number of alkyl halides is 1. The number of hydrogen-bond acceptors (Lipinski definition) is 2. The first kappa shape index (κ1) is 12.9. The van der Waals surface area contributed by atoms with Crippen LogP contribution in [-0.2, 0) is 4.79 Å². The van der Waals surface area contributed by atoms with Gasteiger partial charge < -0.3 is 5.32 Å². The van der Waals surface area contributed by atoms with Crippen LogP contribution >= 0.6 is 15.9 Å². The Morgan fingerprint density at radius 3 is 2.56 bits per heavy atom. The molecule has 86 valence electrons. The Morgan fingerprint density at radius 2 is 2.00 bits per heavy atom. The molecule has 0 saturated heterocycles. The van der Waals surface area contributed by atoms with E-state index in [1.165, 1.54) is 6.92 Å². The second kappa shape index (κ2) is 5.80. The molecule has 0 aliphatic rings. The van der Waals surface area contributed by atoms with Crippen LogP contribution in [0.5, 0.6) is 0 Å². The molecule has 16 heavy (non-hydrogen) atoms. The van der Waals surface area contributed by atoms with Gasteiger partial charge in [0.25, 0.3) is 0 Å². The summed E-state index contributed by atoms with van der Waals surface area (Å²) in [6.45, 7) is 3.30. The molecule has 1 aromatic carbocycles. The quantitative estimate of drug-likeness (QED) is 0.682. The molecular weight excluding hydrogens is 270 g/mol. The van der Waals surface area contributed by atoms with Crippen LogP contribution in [0.25, 0.3) is 0 Å². The molecule has 1 aromatic rings. The van der Waals surface area contributed by atoms with E-state index in [4.69, 9.17) is 0 Å². The van der Waals surface area contributed by atoms with Gasteiger partial charge >= 0.3 is 0 Å². The highest BCUT2D eigenvalue weighted by molar-refractivity contribution is 9.09. The third-order valence-corrected chi connectivity index (χ3v) is 3.21. The Morgan fingerprint density at radius 1 is 1.38 bits per heavy atom. The molecule has 1 atom stereocenters. The third kappa shape index (κ3) is 3.17. The maximum absolute atomic E-state index is 11.7. The van der Waals surface area contributed by atoms with Gasteiger partial charge in [-0.25, -0.2) is 0 Å². The van der Waals surface area contributed by atoms with Crippen LogP contribution in [0.1, 0.15) is 24.2 Å². The summed E-state index contributed by atoms with van der Waals surface area (Å²) in [7, 11) is 0. The number of hydrogen-bond donors (Lipinski definition) is 1. The van der Waals surface area contributed by atoms with Crippen LogP contribution in [0.15, 0.2) is 24.3 Å². The molecule has 1 rings (SSSR count). The first-order valence-corrected chi connectivity index (χ1v) is 6.15. The predicted octanol–water partition coefficient (Wildman–Crippen LogP) is 2.86. The van der Waals surface area contributed by atoms with Crippen LogP contribution in [0.2, 0.25) is 0 Å². The van der Waals surface area contributed by atoms with Crippen molar-refractivity contribution in [1.82, 2.24) is 0 Å². The zero-order chi connectivity index (χ0) is 12.1. The van der Waals surface area contributed by atoms with E-state index in [1.54, 1.807) is 24.3 Å². The Hall–Kier alpha value is -1.16. The first-order valence-electron chi connectivity index (χ1n) is 5.03. The van der Waals surface area contributed by atoms with Gasteiger partial charge in [-0.1, -0.05) is 35.0 Å². The van der Waals surface area contributed by atoms with E-state index in [2.05, 4.69) is 21.2 Å². The van der Waals surface area contributed by atoms with Crippen LogP contribution in [0.4, 0.5) is 5.69 Å². The summed E-state index contributed by atoms with van der Waals surface area (Å²) >= 11 is 3.25. The van der Waals surface area contributed by atoms with Crippen molar-refractivity contribution in [2.24, 2.45) is 5.92 Å². The van der Waals surface area contributed by atoms with Gasteiger partial charge in [0.1, 0.15) is 0 Å². The number of carbonyl (C=O) groups is 2. The van der Waals surface area contributed by atoms with Crippen molar-refractivity contribution in [3.63, 3.8) is 0 Å². The predicted molar refractivity (Wildman–Crippen MR) is 68.0 cm³/mol. The smallest absolute Gasteiger partial charge is 0.228 e. The average Bonchev–Trinajstić information content (AvgIpc) is 2.28. The number of para-hydroxylation sites is 1. The lowest BCUT2D eigenvalue weighted by Gasteiger charge is -2.11. The Balaban J connectivity index is 2.89. The molecule has 3 nitrogen and oxygen atoms in total. The molecular formula is C12H14BrNO2. The number of rotatable bonds is 4. The number of carbonyl (C=O) groups excluding carboxylic acids is 2. The lowest BCUT2D eigenvalue weighted by Crippen LogP contribution is -2.22. The minimum Gasteiger partial charge on any atom is -0.325 e. The molecule has 0 aliphatic carbocycles. The van der Waals surface area contributed by atoms with Crippen LogP contribution < -0.4 is 5.32 Å². The van der Waals surface area contributed by atoms with Gasteiger partial charge in [0, 0.05) is 16.8 Å². The van der Waals surface area contributed by atoms with Gasteiger partial charge in [-0.2, -0.15) is 0 Å². The van der Waals surface area contributed by atoms with Crippen molar-refractivity contribution >= 4 is 33.3 Å². The van der Waals surface area contributed by atoms with Gasteiger partial charge in [0.15, 0.2) is 5.78 Å². The Bertz CT molecular complexity index is 404. The van der Waals surface area contributed by atoms with E-state index >= 15 is 0 Å². The lowest BCUT2D eigenvalue weighted by molar-refractivity contribution is -0.118. The molecule has 1 unspecified atom stereocenters. The second-order valence-corrected chi connectivity index (χ2v) is 4.29. The summed E-state index contributed by atoms with van der Waals surface area (Å²) < 4.78 is 0. The number of anilines is 1. The standard InChI is InChI=1S/C12H14BrNO2/c1-8(7-13)12(16)14-11-6-4-3-5-10(11)9(2)15/h3-6,8H,7H2,1-2H3,(H,14,16). The number of Topliss-reactive ketones (excluding diaryl/α,β-unsaturated/α-hetero) is 1. The number of halogens is 1. The zero-order valence-corrected chi connectivity index (χ0v) is 10.9. The highest BCUT2D eigenvalue weighted by atomic mass is 79.9. The molecule has 0 heterocycles. The topological polar surface area (TPSA) is 46.2 Å². The van der Waals surface area contributed by atoms with E-state index in [1.807, 2.05) is 6.92 Å². The summed E-state index contributed by atoms with van der Waals surface area (Å²) in [4.78, 5) is 23.0. The van der Waals surface area contributed by atoms with Crippen molar-refractivity contribution in [2.45, 2.75) is 13.8 Å². The van der Waals surface area contributed by atoms with Gasteiger partial charge in [-0.15, -0.1) is 0 Å². The molecule has 4 heteroatoms. The van der Waals surface area contributed by atoms with E-state index in [0.29, 0.717) is 16.6 Å². The number of benzene rings is 1. The largest absolute Gasteiger partial charge is 0.325 e. The van der Waals surface area contributed by atoms with Gasteiger partial charge in [0.2, 0.25) is 5.91 Å². The van der Waals surface area contributed by atoms with Crippen LogP contribution in [-0.4, -0.2) is 17.0 Å². The molecule has 0 saturated carbocycles. The molecule has 0 aliphatic heterocycles. The minimum atomic E-state index is -0.125. The highest BCUT2D eigenvalue weighted by Gasteiger charge is 2.14. The number of ketones is 1. The maximum atomic E-state index is 11.7. The SMILES string of the molecule is CC(=O)c1ccccc1NC(=O)C(C)CBr. The Kier molecular flexibility index (Phi) is 4.68. The van der Waals surface area contributed by atoms with E-state index in [9.17, 15) is 9.59 Å². The van der Waals surface area contributed by atoms with Crippen LogP contribution in [0.3, 0.4) is 0 Å². The lowest BCUT2D eigenvalue weighted by atomic mass is 10.1. The van der Waals surface area contributed by atoms with Crippen molar-refractivity contribution in [3.05, 3.63) is 29.8 Å². The van der Waals surface area contributed by atoms with Crippen molar-refractivity contribution < 1.29 is 9.59 Å². The fourth-order valence-electron chi connectivity index (χ4n) is 1.23. The second-order valence-electron chi connectivity index (χ2n) is 3.65. The molecule has 1 N–H and O–H groups in total. The summed E-state index contributed by atoms with van der Waals surface area (Å²) in [6, 6.07) is 7.01. The van der Waals surface area contributed by atoms with Gasteiger partial charge in [-0.05, 0) is 19.1 Å². The summed E-state index contributed by atoms with van der Waals surface area (Å²) in [5.74, 6) is -0.270. The Labute approximate surface area is 103 Å². The monoisotopic (exact) mass is 283 g/mol. The van der Waals surface area contributed by atoms with Crippen molar-refractivity contribution in [3.8, 4) is 0 Å².